The van der Waals surface area contributed by atoms with E-state index < -0.39 is 11.5 Å². The molecule has 0 bridgehead atoms. The summed E-state index contributed by atoms with van der Waals surface area (Å²) in [5, 5.41) is 10.1. The molecule has 0 aromatic carbocycles. The van der Waals surface area contributed by atoms with Gasteiger partial charge < -0.3 is 10.1 Å². The fraction of sp³-hybridized carbons (Fsp3) is 0.200. The molecule has 0 saturated carbocycles. The number of aromatic amines is 1. The number of hydrogen-bond donors (Lipinski definition) is 2. The maximum Gasteiger partial charge on any atom is 0.341 e. The second kappa shape index (κ2) is 3.91. The van der Waals surface area contributed by atoms with Crippen LogP contribution in [0.5, 0.6) is 0 Å². The first-order valence-corrected chi connectivity index (χ1v) is 4.19. The normalized spacial score (nSPS) is 13.3. The molecule has 14 heavy (non-hydrogen) atoms. The third kappa shape index (κ3) is 1.74. The highest BCUT2D eigenvalue weighted by Crippen LogP contribution is 1.81. The van der Waals surface area contributed by atoms with E-state index in [0.717, 1.165) is 0 Å². The number of nitrogens with one attached hydrogen (secondary N) is 1. The maximum atomic E-state index is 11.2. The van der Waals surface area contributed by atoms with Gasteiger partial charge >= 0.3 is 5.97 Å². The first-order valence-electron chi connectivity index (χ1n) is 4.19. The third-order valence-corrected chi connectivity index (χ3v) is 1.93. The first kappa shape index (κ1) is 10.2. The lowest BCUT2D eigenvalue weighted by Crippen LogP contribution is -2.37. The zero-order chi connectivity index (χ0) is 10.7. The standard InChI is InChI=1S/C10H11NO3/c1-3-6-5-7(10(13)14)9(12)11-8(6)4-2/h3-5H,1-2H3,(H,11,12)(H,13,14). The molecule has 0 aliphatic heterocycles. The first-order chi connectivity index (χ1) is 6.60. The summed E-state index contributed by atoms with van der Waals surface area (Å²) in [5.74, 6) is -1.21. The number of carbonyl (C=O) groups is 1. The smallest absolute Gasteiger partial charge is 0.341 e. The van der Waals surface area contributed by atoms with E-state index in [4.69, 9.17) is 5.11 Å². The predicted molar refractivity (Wildman–Crippen MR) is 53.6 cm³/mol. The highest BCUT2D eigenvalue weighted by Gasteiger charge is 2.07. The van der Waals surface area contributed by atoms with Crippen molar-refractivity contribution in [2.45, 2.75) is 13.8 Å². The monoisotopic (exact) mass is 193 g/mol. The summed E-state index contributed by atoms with van der Waals surface area (Å²) in [6.45, 7) is 3.56. The van der Waals surface area contributed by atoms with E-state index in [1.54, 1.807) is 26.0 Å². The van der Waals surface area contributed by atoms with Gasteiger partial charge in [0.2, 0.25) is 0 Å². The van der Waals surface area contributed by atoms with Gasteiger partial charge in [0.05, 0.1) is 0 Å². The summed E-state index contributed by atoms with van der Waals surface area (Å²) in [4.78, 5) is 24.4. The number of carboxylic acid groups (broad SMARTS) is 1. The van der Waals surface area contributed by atoms with Gasteiger partial charge in [-0.1, -0.05) is 12.2 Å². The molecule has 0 saturated heterocycles. The Morgan fingerprint density at radius 3 is 2.50 bits per heavy atom. The molecule has 0 fully saturated rings. The van der Waals surface area contributed by atoms with Crippen LogP contribution >= 0.6 is 0 Å². The zero-order valence-corrected chi connectivity index (χ0v) is 8.00. The second-order valence-corrected chi connectivity index (χ2v) is 2.76. The third-order valence-electron chi connectivity index (χ3n) is 1.93. The molecule has 0 aliphatic carbocycles. The van der Waals surface area contributed by atoms with Crippen LogP contribution in [0.2, 0.25) is 0 Å². The van der Waals surface area contributed by atoms with Gasteiger partial charge in [-0.05, 0) is 25.1 Å². The average molecular weight is 193 g/mol. The molecule has 74 valence electrons. The number of pyridine rings is 1. The Morgan fingerprint density at radius 2 is 2.07 bits per heavy atom. The Balaban J connectivity index is 3.74. The minimum absolute atomic E-state index is 0.233. The van der Waals surface area contributed by atoms with Crippen LogP contribution in [-0.2, 0) is 0 Å². The SMILES string of the molecule is CC=c1cc(C(=O)O)c(=O)[nH]c1=CC. The van der Waals surface area contributed by atoms with E-state index in [9.17, 15) is 9.59 Å². The summed E-state index contributed by atoms with van der Waals surface area (Å²) in [6, 6.07) is 1.37. The fourth-order valence-corrected chi connectivity index (χ4v) is 1.20. The summed E-state index contributed by atoms with van der Waals surface area (Å²) in [5.41, 5.74) is -0.806. The molecule has 1 rings (SSSR count). The molecule has 1 aromatic heterocycles. The number of rotatable bonds is 1. The van der Waals surface area contributed by atoms with Crippen molar-refractivity contribution < 1.29 is 9.90 Å². The van der Waals surface area contributed by atoms with Crippen LogP contribution in [0.3, 0.4) is 0 Å². The lowest BCUT2D eigenvalue weighted by atomic mass is 10.2. The molecule has 0 radical (unpaired) electrons. The number of carboxylic acids is 1. The summed E-state index contributed by atoms with van der Waals surface area (Å²) >= 11 is 0. The predicted octanol–water partition coefficient (Wildman–Crippen LogP) is -0.326. The molecule has 1 aromatic rings. The second-order valence-electron chi connectivity index (χ2n) is 2.76. The number of H-pyrrole nitrogens is 1. The van der Waals surface area contributed by atoms with Crippen molar-refractivity contribution in [3.05, 3.63) is 32.6 Å². The van der Waals surface area contributed by atoms with Gasteiger partial charge in [0, 0.05) is 5.35 Å². The zero-order valence-electron chi connectivity index (χ0n) is 8.00. The number of aromatic nitrogens is 1. The molecule has 0 amide bonds. The molecule has 2 N–H and O–H groups in total. The number of hydrogen-bond acceptors (Lipinski definition) is 2. The van der Waals surface area contributed by atoms with Gasteiger partial charge in [0.1, 0.15) is 5.56 Å². The Labute approximate surface area is 80.2 Å². The Morgan fingerprint density at radius 1 is 1.43 bits per heavy atom. The quantitative estimate of drug-likeness (QED) is 0.641. The van der Waals surface area contributed by atoms with Gasteiger partial charge in [-0.15, -0.1) is 0 Å². The molecule has 4 heteroatoms. The van der Waals surface area contributed by atoms with Crippen LogP contribution in [0.25, 0.3) is 12.2 Å². The van der Waals surface area contributed by atoms with Crippen LogP contribution in [0, 0.1) is 0 Å². The Hall–Kier alpha value is -1.84. The van der Waals surface area contributed by atoms with E-state index in [1.807, 2.05) is 0 Å². The van der Waals surface area contributed by atoms with Crippen molar-refractivity contribution >= 4 is 18.1 Å². The van der Waals surface area contributed by atoms with Crippen LogP contribution in [-0.4, -0.2) is 16.1 Å². The Kier molecular flexibility index (Phi) is 2.86. The topological polar surface area (TPSA) is 70.2 Å². The van der Waals surface area contributed by atoms with E-state index >= 15 is 0 Å². The number of aromatic carboxylic acids is 1. The minimum Gasteiger partial charge on any atom is -0.477 e. The van der Waals surface area contributed by atoms with Crippen LogP contribution in [0.15, 0.2) is 10.9 Å². The lowest BCUT2D eigenvalue weighted by Gasteiger charge is -1.94. The molecule has 0 aliphatic rings. The highest BCUT2D eigenvalue weighted by molar-refractivity contribution is 5.87. The van der Waals surface area contributed by atoms with Gasteiger partial charge in [-0.3, -0.25) is 4.79 Å². The molecule has 4 nitrogen and oxygen atoms in total. The fourth-order valence-electron chi connectivity index (χ4n) is 1.20. The van der Waals surface area contributed by atoms with Gasteiger partial charge in [0.15, 0.2) is 0 Å². The molecular formula is C10H11NO3. The van der Waals surface area contributed by atoms with Crippen molar-refractivity contribution in [3.63, 3.8) is 0 Å². The summed E-state index contributed by atoms with van der Waals surface area (Å²) in [7, 11) is 0. The van der Waals surface area contributed by atoms with Crippen molar-refractivity contribution in [3.8, 4) is 0 Å². The average Bonchev–Trinajstić information content (AvgIpc) is 2.16. The van der Waals surface area contributed by atoms with Crippen molar-refractivity contribution in [1.82, 2.24) is 4.98 Å². The molecule has 1 heterocycles. The van der Waals surface area contributed by atoms with E-state index in [0.29, 0.717) is 10.6 Å². The maximum absolute atomic E-state index is 11.2. The van der Waals surface area contributed by atoms with Gasteiger partial charge in [-0.25, -0.2) is 4.79 Å². The largest absolute Gasteiger partial charge is 0.477 e. The molecule has 0 atom stereocenters. The van der Waals surface area contributed by atoms with Crippen LogP contribution < -0.4 is 16.1 Å². The van der Waals surface area contributed by atoms with Gasteiger partial charge in [-0.2, -0.15) is 0 Å². The molecule has 0 spiro atoms. The van der Waals surface area contributed by atoms with Gasteiger partial charge in [0.25, 0.3) is 5.56 Å². The summed E-state index contributed by atoms with van der Waals surface area (Å²) in [6.07, 6.45) is 3.47. The van der Waals surface area contributed by atoms with Crippen molar-refractivity contribution in [2.75, 3.05) is 0 Å². The van der Waals surface area contributed by atoms with E-state index in [-0.39, 0.29) is 5.56 Å². The molecular weight excluding hydrogens is 182 g/mol. The van der Waals surface area contributed by atoms with Crippen LogP contribution in [0.1, 0.15) is 24.2 Å². The molecule has 0 unspecified atom stereocenters. The van der Waals surface area contributed by atoms with Crippen molar-refractivity contribution in [2.24, 2.45) is 0 Å². The lowest BCUT2D eigenvalue weighted by molar-refractivity contribution is 0.0695. The Bertz CT molecular complexity index is 525. The summed E-state index contributed by atoms with van der Waals surface area (Å²) < 4.78 is 0. The van der Waals surface area contributed by atoms with E-state index in [1.165, 1.54) is 6.07 Å². The highest BCUT2D eigenvalue weighted by atomic mass is 16.4. The van der Waals surface area contributed by atoms with E-state index in [2.05, 4.69) is 4.98 Å². The van der Waals surface area contributed by atoms with Crippen LogP contribution in [0.4, 0.5) is 0 Å². The van der Waals surface area contributed by atoms with Crippen molar-refractivity contribution in [1.29, 1.82) is 0 Å². The minimum atomic E-state index is -1.21.